The van der Waals surface area contributed by atoms with Crippen LogP contribution in [-0.4, -0.2) is 45.0 Å². The number of ether oxygens (including phenoxy) is 1. The summed E-state index contributed by atoms with van der Waals surface area (Å²) in [5, 5.41) is 0. The maximum absolute atomic E-state index is 12.6. The third-order valence-electron chi connectivity index (χ3n) is 4.91. The fraction of sp³-hybridized carbons (Fsp3) is 0.632. The number of nitrogens with zero attached hydrogens (tertiary/aromatic N) is 1. The molecule has 26 heavy (non-hydrogen) atoms. The first-order valence-corrected chi connectivity index (χ1v) is 10.9. The zero-order chi connectivity index (χ0) is 19.2. The number of sulfonamides is 1. The summed E-state index contributed by atoms with van der Waals surface area (Å²) in [4.78, 5) is 14.5. The quantitative estimate of drug-likeness (QED) is 0.750. The highest BCUT2D eigenvalue weighted by atomic mass is 32.2. The number of piperidine rings is 1. The standard InChI is InChI=1S/C19H30N2O4S/c1-4-15(5-2)19(22)21-13-11-16(12-14-21)20-26(23,24)18-9-7-17(8-10-18)25-6-3/h7-10,15-16,20H,4-6,11-14H2,1-3H3. The molecular formula is C19H30N2O4S. The minimum Gasteiger partial charge on any atom is -0.494 e. The van der Waals surface area contributed by atoms with E-state index in [4.69, 9.17) is 4.74 Å². The number of likely N-dealkylation sites (tertiary alicyclic amines) is 1. The number of carbonyl (C=O) groups is 1. The number of rotatable bonds is 8. The molecule has 0 unspecified atom stereocenters. The largest absolute Gasteiger partial charge is 0.494 e. The van der Waals surface area contributed by atoms with Gasteiger partial charge in [-0.1, -0.05) is 13.8 Å². The van der Waals surface area contributed by atoms with Crippen molar-refractivity contribution < 1.29 is 17.9 Å². The van der Waals surface area contributed by atoms with Crippen LogP contribution >= 0.6 is 0 Å². The summed E-state index contributed by atoms with van der Waals surface area (Å²) in [7, 11) is -3.56. The summed E-state index contributed by atoms with van der Waals surface area (Å²) in [6, 6.07) is 6.29. The first kappa shape index (κ1) is 20.7. The molecule has 0 radical (unpaired) electrons. The molecule has 1 N–H and O–H groups in total. The summed E-state index contributed by atoms with van der Waals surface area (Å²) in [5.74, 6) is 0.926. The van der Waals surface area contributed by atoms with E-state index >= 15 is 0 Å². The van der Waals surface area contributed by atoms with E-state index in [1.54, 1.807) is 24.3 Å². The Morgan fingerprint density at radius 3 is 2.23 bits per heavy atom. The van der Waals surface area contributed by atoms with Crippen molar-refractivity contribution in [3.8, 4) is 5.75 Å². The van der Waals surface area contributed by atoms with Gasteiger partial charge in [0.2, 0.25) is 15.9 Å². The van der Waals surface area contributed by atoms with E-state index in [9.17, 15) is 13.2 Å². The van der Waals surface area contributed by atoms with E-state index in [1.165, 1.54) is 0 Å². The fourth-order valence-electron chi connectivity index (χ4n) is 3.28. The van der Waals surface area contributed by atoms with Gasteiger partial charge in [-0.25, -0.2) is 13.1 Å². The topological polar surface area (TPSA) is 75.7 Å². The van der Waals surface area contributed by atoms with Crippen molar-refractivity contribution in [2.75, 3.05) is 19.7 Å². The summed E-state index contributed by atoms with van der Waals surface area (Å²) >= 11 is 0. The Kier molecular flexibility index (Phi) is 7.46. The van der Waals surface area contributed by atoms with Crippen LogP contribution in [0.15, 0.2) is 29.2 Å². The van der Waals surface area contributed by atoms with Crippen molar-refractivity contribution in [1.29, 1.82) is 0 Å². The monoisotopic (exact) mass is 382 g/mol. The number of amides is 1. The van der Waals surface area contributed by atoms with E-state index in [2.05, 4.69) is 4.72 Å². The highest BCUT2D eigenvalue weighted by Gasteiger charge is 2.28. The molecule has 0 atom stereocenters. The van der Waals surface area contributed by atoms with Crippen LogP contribution in [0.4, 0.5) is 0 Å². The third kappa shape index (κ3) is 5.20. The molecule has 0 saturated carbocycles. The molecule has 1 aliphatic rings. The molecule has 0 spiro atoms. The molecule has 146 valence electrons. The molecule has 1 fully saturated rings. The van der Waals surface area contributed by atoms with Gasteiger partial charge in [0, 0.05) is 25.0 Å². The van der Waals surface area contributed by atoms with E-state index in [0.29, 0.717) is 38.3 Å². The van der Waals surface area contributed by atoms with Gasteiger partial charge in [-0.15, -0.1) is 0 Å². The Morgan fingerprint density at radius 1 is 1.15 bits per heavy atom. The van der Waals surface area contributed by atoms with Crippen LogP contribution in [0.3, 0.4) is 0 Å². The average molecular weight is 383 g/mol. The van der Waals surface area contributed by atoms with Crippen molar-refractivity contribution >= 4 is 15.9 Å². The van der Waals surface area contributed by atoms with Crippen molar-refractivity contribution in [2.24, 2.45) is 5.92 Å². The van der Waals surface area contributed by atoms with Crippen LogP contribution in [0.2, 0.25) is 0 Å². The number of nitrogens with one attached hydrogen (secondary N) is 1. The Morgan fingerprint density at radius 2 is 1.73 bits per heavy atom. The molecule has 1 saturated heterocycles. The van der Waals surface area contributed by atoms with Gasteiger partial charge in [0.25, 0.3) is 0 Å². The predicted molar refractivity (Wildman–Crippen MR) is 102 cm³/mol. The zero-order valence-electron chi connectivity index (χ0n) is 15.9. The Hall–Kier alpha value is -1.60. The number of carbonyl (C=O) groups excluding carboxylic acids is 1. The van der Waals surface area contributed by atoms with Gasteiger partial charge in [-0.2, -0.15) is 0 Å². The van der Waals surface area contributed by atoms with Crippen molar-refractivity contribution in [2.45, 2.75) is 57.4 Å². The van der Waals surface area contributed by atoms with E-state index in [1.807, 2.05) is 25.7 Å². The summed E-state index contributed by atoms with van der Waals surface area (Å²) in [5.41, 5.74) is 0. The highest BCUT2D eigenvalue weighted by Crippen LogP contribution is 2.20. The maximum atomic E-state index is 12.6. The molecule has 1 aromatic rings. The van der Waals surface area contributed by atoms with Crippen LogP contribution in [0.5, 0.6) is 5.75 Å². The molecule has 0 aliphatic carbocycles. The van der Waals surface area contributed by atoms with Crippen LogP contribution in [0.1, 0.15) is 46.5 Å². The molecule has 1 heterocycles. The fourth-order valence-corrected chi connectivity index (χ4v) is 4.59. The molecule has 1 aromatic carbocycles. The lowest BCUT2D eigenvalue weighted by Crippen LogP contribution is -2.47. The average Bonchev–Trinajstić information content (AvgIpc) is 2.63. The van der Waals surface area contributed by atoms with Gasteiger partial charge in [-0.05, 0) is 56.9 Å². The lowest BCUT2D eigenvalue weighted by molar-refractivity contribution is -0.136. The smallest absolute Gasteiger partial charge is 0.240 e. The maximum Gasteiger partial charge on any atom is 0.240 e. The van der Waals surface area contributed by atoms with Gasteiger partial charge >= 0.3 is 0 Å². The van der Waals surface area contributed by atoms with Crippen LogP contribution in [0.25, 0.3) is 0 Å². The minimum atomic E-state index is -3.56. The van der Waals surface area contributed by atoms with Gasteiger partial charge in [0.1, 0.15) is 5.75 Å². The summed E-state index contributed by atoms with van der Waals surface area (Å²) in [6.07, 6.45) is 2.98. The summed E-state index contributed by atoms with van der Waals surface area (Å²) in [6.45, 7) is 7.69. The molecule has 6 nitrogen and oxygen atoms in total. The normalized spacial score (nSPS) is 16.1. The van der Waals surface area contributed by atoms with Gasteiger partial charge in [0.05, 0.1) is 11.5 Å². The van der Waals surface area contributed by atoms with Crippen molar-refractivity contribution in [3.63, 3.8) is 0 Å². The third-order valence-corrected chi connectivity index (χ3v) is 6.44. The van der Waals surface area contributed by atoms with E-state index in [-0.39, 0.29) is 22.8 Å². The van der Waals surface area contributed by atoms with E-state index < -0.39 is 10.0 Å². The summed E-state index contributed by atoms with van der Waals surface area (Å²) < 4.78 is 33.2. The molecule has 1 amide bonds. The van der Waals surface area contributed by atoms with Crippen LogP contribution in [-0.2, 0) is 14.8 Å². The first-order chi connectivity index (χ1) is 12.4. The molecule has 7 heteroatoms. The molecule has 1 aliphatic heterocycles. The second-order valence-corrected chi connectivity index (χ2v) is 8.35. The van der Waals surface area contributed by atoms with Crippen LogP contribution < -0.4 is 9.46 Å². The molecule has 0 bridgehead atoms. The molecule has 2 rings (SSSR count). The SMILES string of the molecule is CCOc1ccc(S(=O)(=O)NC2CCN(C(=O)C(CC)CC)CC2)cc1. The van der Waals surface area contributed by atoms with Gasteiger partial charge < -0.3 is 9.64 Å². The number of hydrogen-bond acceptors (Lipinski definition) is 4. The highest BCUT2D eigenvalue weighted by molar-refractivity contribution is 7.89. The van der Waals surface area contributed by atoms with Crippen molar-refractivity contribution in [3.05, 3.63) is 24.3 Å². The molecule has 0 aromatic heterocycles. The van der Waals surface area contributed by atoms with E-state index in [0.717, 1.165) is 12.8 Å². The van der Waals surface area contributed by atoms with Crippen molar-refractivity contribution in [1.82, 2.24) is 9.62 Å². The number of hydrogen-bond donors (Lipinski definition) is 1. The molecular weight excluding hydrogens is 352 g/mol. The Labute approximate surface area is 157 Å². The number of benzene rings is 1. The lowest BCUT2D eigenvalue weighted by atomic mass is 9.99. The minimum absolute atomic E-state index is 0.0760. The second kappa shape index (κ2) is 9.37. The van der Waals surface area contributed by atoms with Gasteiger partial charge in [-0.3, -0.25) is 4.79 Å². The zero-order valence-corrected chi connectivity index (χ0v) is 16.7. The second-order valence-electron chi connectivity index (χ2n) is 6.64. The Bertz CT molecular complexity index is 676. The lowest BCUT2D eigenvalue weighted by Gasteiger charge is -2.34. The van der Waals surface area contributed by atoms with Gasteiger partial charge in [0.15, 0.2) is 0 Å². The predicted octanol–water partition coefficient (Wildman–Crippen LogP) is 2.79. The Balaban J connectivity index is 1.92. The first-order valence-electron chi connectivity index (χ1n) is 9.45. The van der Waals surface area contributed by atoms with Crippen LogP contribution in [0, 0.1) is 5.92 Å².